The van der Waals surface area contributed by atoms with Gasteiger partial charge in [0.05, 0.1) is 6.20 Å². The molecule has 5 rings (SSSR count). The summed E-state index contributed by atoms with van der Waals surface area (Å²) in [6.07, 6.45) is 14.5. The van der Waals surface area contributed by atoms with Gasteiger partial charge in [-0.2, -0.15) is 5.10 Å². The van der Waals surface area contributed by atoms with E-state index in [-0.39, 0.29) is 0 Å². The molecule has 1 atom stereocenters. The molecule has 0 aliphatic heterocycles. The zero-order valence-corrected chi connectivity index (χ0v) is 13.5. The van der Waals surface area contributed by atoms with Gasteiger partial charge in [-0.15, -0.1) is 0 Å². The van der Waals surface area contributed by atoms with Crippen LogP contribution in [0.25, 0.3) is 0 Å². The summed E-state index contributed by atoms with van der Waals surface area (Å²) in [7, 11) is 2.02. The van der Waals surface area contributed by atoms with Crippen LogP contribution in [0.15, 0.2) is 12.4 Å². The molecule has 1 heterocycles. The van der Waals surface area contributed by atoms with Gasteiger partial charge in [0.2, 0.25) is 0 Å². The van der Waals surface area contributed by atoms with E-state index < -0.39 is 0 Å². The molecule has 4 saturated carbocycles. The van der Waals surface area contributed by atoms with Crippen LogP contribution in [-0.4, -0.2) is 22.4 Å². The van der Waals surface area contributed by atoms with Gasteiger partial charge in [-0.3, -0.25) is 4.68 Å². The average molecular weight is 287 g/mol. The first-order chi connectivity index (χ1) is 10.2. The predicted molar refractivity (Wildman–Crippen MR) is 85.0 cm³/mol. The lowest BCUT2D eigenvalue weighted by Gasteiger charge is -2.59. The Morgan fingerprint density at radius 2 is 1.86 bits per heavy atom. The second-order valence-corrected chi connectivity index (χ2v) is 8.12. The highest BCUT2D eigenvalue weighted by atomic mass is 15.2. The molecule has 21 heavy (non-hydrogen) atoms. The van der Waals surface area contributed by atoms with Crippen molar-refractivity contribution in [2.24, 2.45) is 30.2 Å². The lowest BCUT2D eigenvalue weighted by Crippen LogP contribution is -2.56. The van der Waals surface area contributed by atoms with Gasteiger partial charge in [0.15, 0.2) is 0 Å². The van der Waals surface area contributed by atoms with Crippen molar-refractivity contribution in [3.8, 4) is 0 Å². The molecule has 4 fully saturated rings. The molecule has 0 amide bonds. The standard InChI is InChI=1S/C18H29N3/c1-3-19-17(7-16-11-20-21(2)12-16)18-8-13-4-14(9-18)6-15(5-13)10-18/h11-15,17,19H,3-10H2,1-2H3. The number of nitrogens with zero attached hydrogens (tertiary/aromatic N) is 2. The van der Waals surface area contributed by atoms with E-state index in [1.807, 2.05) is 11.7 Å². The Bertz CT molecular complexity index is 469. The Balaban J connectivity index is 1.58. The van der Waals surface area contributed by atoms with Crippen molar-refractivity contribution in [2.75, 3.05) is 6.54 Å². The molecule has 4 aliphatic rings. The van der Waals surface area contributed by atoms with E-state index in [4.69, 9.17) is 0 Å². The Kier molecular flexibility index (Phi) is 3.36. The van der Waals surface area contributed by atoms with E-state index in [0.717, 1.165) is 30.7 Å². The monoisotopic (exact) mass is 287 g/mol. The minimum absolute atomic E-state index is 0.584. The quantitative estimate of drug-likeness (QED) is 0.901. The number of nitrogens with one attached hydrogen (secondary N) is 1. The third kappa shape index (κ3) is 2.44. The molecule has 4 aliphatic carbocycles. The largest absolute Gasteiger partial charge is 0.313 e. The Morgan fingerprint density at radius 3 is 2.33 bits per heavy atom. The minimum Gasteiger partial charge on any atom is -0.313 e. The van der Waals surface area contributed by atoms with Crippen molar-refractivity contribution in [1.29, 1.82) is 0 Å². The van der Waals surface area contributed by atoms with E-state index in [1.54, 1.807) is 0 Å². The van der Waals surface area contributed by atoms with Crippen molar-refractivity contribution in [3.63, 3.8) is 0 Å². The number of rotatable bonds is 5. The summed E-state index contributed by atoms with van der Waals surface area (Å²) in [5.41, 5.74) is 1.99. The molecular weight excluding hydrogens is 258 g/mol. The molecule has 0 spiro atoms. The van der Waals surface area contributed by atoms with Crippen molar-refractivity contribution >= 4 is 0 Å². The fourth-order valence-corrected chi connectivity index (χ4v) is 6.17. The van der Waals surface area contributed by atoms with E-state index in [1.165, 1.54) is 44.1 Å². The van der Waals surface area contributed by atoms with Gasteiger partial charge in [-0.1, -0.05) is 6.92 Å². The normalized spacial score (nSPS) is 38.9. The average Bonchev–Trinajstić information content (AvgIpc) is 2.82. The number of hydrogen-bond donors (Lipinski definition) is 1. The van der Waals surface area contributed by atoms with Crippen LogP contribution in [0.5, 0.6) is 0 Å². The highest BCUT2D eigenvalue weighted by Gasteiger charge is 2.53. The van der Waals surface area contributed by atoms with Crippen LogP contribution in [-0.2, 0) is 13.5 Å². The lowest BCUT2D eigenvalue weighted by atomic mass is 9.47. The molecule has 116 valence electrons. The minimum atomic E-state index is 0.584. The van der Waals surface area contributed by atoms with Gasteiger partial charge in [0, 0.05) is 19.3 Å². The maximum Gasteiger partial charge on any atom is 0.0522 e. The molecule has 1 N–H and O–H groups in total. The van der Waals surface area contributed by atoms with Crippen LogP contribution in [0.2, 0.25) is 0 Å². The third-order valence-corrected chi connectivity index (χ3v) is 6.47. The van der Waals surface area contributed by atoms with Crippen molar-refractivity contribution in [3.05, 3.63) is 18.0 Å². The Hall–Kier alpha value is -0.830. The van der Waals surface area contributed by atoms with E-state index in [2.05, 4.69) is 29.7 Å². The second kappa shape index (κ2) is 5.12. The van der Waals surface area contributed by atoms with E-state index in [0.29, 0.717) is 11.5 Å². The van der Waals surface area contributed by atoms with Crippen LogP contribution in [0, 0.1) is 23.2 Å². The predicted octanol–water partition coefficient (Wildman–Crippen LogP) is 3.16. The molecule has 0 saturated heterocycles. The summed E-state index contributed by atoms with van der Waals surface area (Å²) in [4.78, 5) is 0. The maximum absolute atomic E-state index is 4.37. The summed E-state index contributed by atoms with van der Waals surface area (Å²) in [5, 5.41) is 8.23. The van der Waals surface area contributed by atoms with Crippen LogP contribution in [0.4, 0.5) is 0 Å². The molecule has 1 aromatic heterocycles. The summed E-state index contributed by atoms with van der Waals surface area (Å²) >= 11 is 0. The molecule has 0 aromatic carbocycles. The number of hydrogen-bond acceptors (Lipinski definition) is 2. The molecular formula is C18H29N3. The topological polar surface area (TPSA) is 29.9 Å². The molecule has 1 unspecified atom stereocenters. The molecule has 3 heteroatoms. The van der Waals surface area contributed by atoms with Crippen LogP contribution < -0.4 is 5.32 Å². The first-order valence-electron chi connectivity index (χ1n) is 8.88. The molecule has 4 bridgehead atoms. The highest BCUT2D eigenvalue weighted by Crippen LogP contribution is 2.61. The summed E-state index contributed by atoms with van der Waals surface area (Å²) in [6.45, 7) is 3.35. The van der Waals surface area contributed by atoms with Crippen LogP contribution in [0.1, 0.15) is 51.0 Å². The summed E-state index contributed by atoms with van der Waals surface area (Å²) in [6, 6.07) is 0.653. The number of aromatic nitrogens is 2. The summed E-state index contributed by atoms with van der Waals surface area (Å²) in [5.74, 6) is 3.10. The number of likely N-dealkylation sites (N-methyl/N-ethyl adjacent to an activating group) is 1. The van der Waals surface area contributed by atoms with E-state index in [9.17, 15) is 0 Å². The van der Waals surface area contributed by atoms with Crippen molar-refractivity contribution < 1.29 is 0 Å². The van der Waals surface area contributed by atoms with Gasteiger partial charge in [-0.25, -0.2) is 0 Å². The zero-order valence-electron chi connectivity index (χ0n) is 13.5. The summed E-state index contributed by atoms with van der Waals surface area (Å²) < 4.78 is 1.94. The fourth-order valence-electron chi connectivity index (χ4n) is 6.17. The van der Waals surface area contributed by atoms with Crippen LogP contribution >= 0.6 is 0 Å². The molecule has 3 nitrogen and oxygen atoms in total. The van der Waals surface area contributed by atoms with Crippen molar-refractivity contribution in [1.82, 2.24) is 15.1 Å². The lowest BCUT2D eigenvalue weighted by molar-refractivity contribution is -0.0734. The smallest absolute Gasteiger partial charge is 0.0522 e. The first-order valence-corrected chi connectivity index (χ1v) is 8.88. The highest BCUT2D eigenvalue weighted by molar-refractivity contribution is 5.12. The van der Waals surface area contributed by atoms with Gasteiger partial charge in [0.25, 0.3) is 0 Å². The van der Waals surface area contributed by atoms with Gasteiger partial charge >= 0.3 is 0 Å². The van der Waals surface area contributed by atoms with Crippen molar-refractivity contribution in [2.45, 2.75) is 57.9 Å². The second-order valence-electron chi connectivity index (χ2n) is 8.12. The Labute approximate surface area is 128 Å². The van der Waals surface area contributed by atoms with Crippen LogP contribution in [0.3, 0.4) is 0 Å². The zero-order chi connectivity index (χ0) is 14.4. The molecule has 1 aromatic rings. The molecule has 0 radical (unpaired) electrons. The SMILES string of the molecule is CCNC(Cc1cnn(C)c1)C12CC3CC(CC(C3)C1)C2. The third-order valence-electron chi connectivity index (χ3n) is 6.47. The van der Waals surface area contributed by atoms with Gasteiger partial charge < -0.3 is 5.32 Å². The van der Waals surface area contributed by atoms with Gasteiger partial charge in [-0.05, 0) is 80.2 Å². The number of aryl methyl sites for hydroxylation is 1. The first kappa shape index (κ1) is 13.8. The van der Waals surface area contributed by atoms with E-state index >= 15 is 0 Å². The maximum atomic E-state index is 4.37. The van der Waals surface area contributed by atoms with Gasteiger partial charge in [0.1, 0.15) is 0 Å². The fraction of sp³-hybridized carbons (Fsp3) is 0.833. The Morgan fingerprint density at radius 1 is 1.24 bits per heavy atom.